The van der Waals surface area contributed by atoms with Crippen LogP contribution in [0.4, 0.5) is 4.39 Å². The monoisotopic (exact) mass is 272 g/mol. The van der Waals surface area contributed by atoms with Gasteiger partial charge in [-0.1, -0.05) is 0 Å². The number of nitrogens with zero attached hydrogens (tertiary/aromatic N) is 2. The predicted molar refractivity (Wildman–Crippen MR) is 76.2 cm³/mol. The molecule has 112 valence electrons. The lowest BCUT2D eigenvalue weighted by Crippen LogP contribution is -2.44. The number of likely N-dealkylation sites (tertiary alicyclic amines) is 2. The largest absolute Gasteiger partial charge is 0.383 e. The topological polar surface area (TPSA) is 15.7 Å². The number of methoxy groups -OCH3 is 1. The van der Waals surface area contributed by atoms with Gasteiger partial charge in [0.25, 0.3) is 0 Å². The van der Waals surface area contributed by atoms with Crippen LogP contribution in [-0.4, -0.2) is 69.0 Å². The highest BCUT2D eigenvalue weighted by molar-refractivity contribution is 4.89. The SMILES string of the molecule is COCCN1CCC(F)(CC2CCN(C)CC2)CC1. The summed E-state index contributed by atoms with van der Waals surface area (Å²) in [7, 11) is 3.89. The average Bonchev–Trinajstić information content (AvgIpc) is 2.41. The number of piperidine rings is 2. The molecule has 19 heavy (non-hydrogen) atoms. The lowest BCUT2D eigenvalue weighted by atomic mass is 9.80. The zero-order valence-electron chi connectivity index (χ0n) is 12.5. The van der Waals surface area contributed by atoms with Crippen LogP contribution in [0.2, 0.25) is 0 Å². The van der Waals surface area contributed by atoms with Crippen molar-refractivity contribution in [1.29, 1.82) is 0 Å². The second-order valence-electron chi connectivity index (χ2n) is 6.44. The molecule has 0 unspecified atom stereocenters. The molecule has 0 atom stereocenters. The summed E-state index contributed by atoms with van der Waals surface area (Å²) in [6.45, 7) is 5.77. The predicted octanol–water partition coefficient (Wildman–Crippen LogP) is 2.17. The molecular formula is C15H29FN2O. The van der Waals surface area contributed by atoms with Crippen molar-refractivity contribution >= 4 is 0 Å². The molecule has 0 aliphatic carbocycles. The first-order chi connectivity index (χ1) is 9.11. The highest BCUT2D eigenvalue weighted by Gasteiger charge is 2.37. The number of rotatable bonds is 5. The Morgan fingerprint density at radius 2 is 1.79 bits per heavy atom. The molecule has 0 radical (unpaired) electrons. The van der Waals surface area contributed by atoms with E-state index in [1.54, 1.807) is 7.11 Å². The molecule has 4 heteroatoms. The molecule has 0 aromatic carbocycles. The highest BCUT2D eigenvalue weighted by atomic mass is 19.1. The summed E-state index contributed by atoms with van der Waals surface area (Å²) in [5.41, 5.74) is -0.899. The van der Waals surface area contributed by atoms with Crippen molar-refractivity contribution in [2.45, 2.75) is 37.8 Å². The summed E-state index contributed by atoms with van der Waals surface area (Å²) < 4.78 is 20.0. The van der Waals surface area contributed by atoms with Gasteiger partial charge in [-0.3, -0.25) is 0 Å². The van der Waals surface area contributed by atoms with Crippen LogP contribution in [0, 0.1) is 5.92 Å². The zero-order chi connectivity index (χ0) is 13.7. The minimum absolute atomic E-state index is 0.603. The van der Waals surface area contributed by atoms with Crippen molar-refractivity contribution in [3.63, 3.8) is 0 Å². The molecule has 0 amide bonds. The Morgan fingerprint density at radius 3 is 2.37 bits per heavy atom. The summed E-state index contributed by atoms with van der Waals surface area (Å²) >= 11 is 0. The molecule has 2 saturated heterocycles. The van der Waals surface area contributed by atoms with Crippen molar-refractivity contribution < 1.29 is 9.13 Å². The van der Waals surface area contributed by atoms with Crippen LogP contribution < -0.4 is 0 Å². The number of ether oxygens (including phenoxy) is 1. The van der Waals surface area contributed by atoms with E-state index in [0.29, 0.717) is 18.8 Å². The van der Waals surface area contributed by atoms with Crippen LogP contribution >= 0.6 is 0 Å². The molecule has 2 aliphatic heterocycles. The Kier molecular flexibility index (Phi) is 5.60. The molecular weight excluding hydrogens is 243 g/mol. The molecule has 2 rings (SSSR count). The van der Waals surface area contributed by atoms with Crippen molar-refractivity contribution in [3.05, 3.63) is 0 Å². The van der Waals surface area contributed by atoms with Gasteiger partial charge in [0, 0.05) is 26.7 Å². The van der Waals surface area contributed by atoms with Crippen molar-refractivity contribution in [1.82, 2.24) is 9.80 Å². The summed E-state index contributed by atoms with van der Waals surface area (Å²) in [5, 5.41) is 0. The fraction of sp³-hybridized carbons (Fsp3) is 1.00. The lowest BCUT2D eigenvalue weighted by molar-refractivity contribution is 0.0199. The standard InChI is InChI=1S/C15H29FN2O/c1-17-7-3-14(4-8-17)13-15(16)5-9-18(10-6-15)11-12-19-2/h14H,3-13H2,1-2H3. The maximum absolute atomic E-state index is 14.9. The molecule has 0 N–H and O–H groups in total. The van der Waals surface area contributed by atoms with Crippen LogP contribution in [0.3, 0.4) is 0 Å². The van der Waals surface area contributed by atoms with Gasteiger partial charge in [0.15, 0.2) is 0 Å². The Hall–Kier alpha value is -0.190. The Balaban J connectivity index is 1.72. The minimum atomic E-state index is -0.899. The second kappa shape index (κ2) is 7.00. The van der Waals surface area contributed by atoms with Gasteiger partial charge in [-0.05, 0) is 58.2 Å². The fourth-order valence-electron chi connectivity index (χ4n) is 3.39. The maximum Gasteiger partial charge on any atom is 0.113 e. The molecule has 2 heterocycles. The van der Waals surface area contributed by atoms with E-state index in [-0.39, 0.29) is 0 Å². The van der Waals surface area contributed by atoms with Crippen LogP contribution in [0.1, 0.15) is 32.1 Å². The first-order valence-electron chi connectivity index (χ1n) is 7.70. The Labute approximate surface area is 117 Å². The molecule has 2 fully saturated rings. The van der Waals surface area contributed by atoms with Gasteiger partial charge in [0.1, 0.15) is 5.67 Å². The summed E-state index contributed by atoms with van der Waals surface area (Å²) in [5.74, 6) is 0.603. The quantitative estimate of drug-likeness (QED) is 0.763. The van der Waals surface area contributed by atoms with Gasteiger partial charge in [0.05, 0.1) is 6.61 Å². The maximum atomic E-state index is 14.9. The van der Waals surface area contributed by atoms with Gasteiger partial charge in [0.2, 0.25) is 0 Å². The highest BCUT2D eigenvalue weighted by Crippen LogP contribution is 2.36. The van der Waals surface area contributed by atoms with E-state index < -0.39 is 5.67 Å². The van der Waals surface area contributed by atoms with Gasteiger partial charge >= 0.3 is 0 Å². The number of hydrogen-bond acceptors (Lipinski definition) is 3. The van der Waals surface area contributed by atoms with Crippen LogP contribution in [0.15, 0.2) is 0 Å². The number of hydrogen-bond donors (Lipinski definition) is 0. The number of alkyl halides is 1. The third-order valence-corrected chi connectivity index (χ3v) is 4.86. The third-order valence-electron chi connectivity index (χ3n) is 4.86. The molecule has 3 nitrogen and oxygen atoms in total. The zero-order valence-corrected chi connectivity index (χ0v) is 12.5. The fourth-order valence-corrected chi connectivity index (χ4v) is 3.39. The van der Waals surface area contributed by atoms with E-state index in [1.165, 1.54) is 12.8 Å². The molecule has 0 aromatic rings. The summed E-state index contributed by atoms with van der Waals surface area (Å²) in [4.78, 5) is 4.69. The molecule has 0 aromatic heterocycles. The number of halogens is 1. The first kappa shape index (κ1) is 15.2. The summed E-state index contributed by atoms with van der Waals surface area (Å²) in [6, 6.07) is 0. The molecule has 2 aliphatic rings. The first-order valence-corrected chi connectivity index (χ1v) is 7.70. The van der Waals surface area contributed by atoms with Crippen molar-refractivity contribution in [3.8, 4) is 0 Å². The van der Waals surface area contributed by atoms with Gasteiger partial charge in [-0.15, -0.1) is 0 Å². The van der Waals surface area contributed by atoms with Gasteiger partial charge in [-0.25, -0.2) is 4.39 Å². The van der Waals surface area contributed by atoms with E-state index >= 15 is 0 Å². The van der Waals surface area contributed by atoms with E-state index in [1.807, 2.05) is 0 Å². The molecule has 0 saturated carbocycles. The normalized spacial score (nSPS) is 26.7. The average molecular weight is 272 g/mol. The van der Waals surface area contributed by atoms with Crippen molar-refractivity contribution in [2.75, 3.05) is 53.5 Å². The van der Waals surface area contributed by atoms with Gasteiger partial charge < -0.3 is 14.5 Å². The Morgan fingerprint density at radius 1 is 1.16 bits per heavy atom. The van der Waals surface area contributed by atoms with Crippen LogP contribution in [0.5, 0.6) is 0 Å². The summed E-state index contributed by atoms with van der Waals surface area (Å²) in [6.07, 6.45) is 4.57. The molecule has 0 spiro atoms. The Bertz CT molecular complexity index is 259. The van der Waals surface area contributed by atoms with Crippen molar-refractivity contribution in [2.24, 2.45) is 5.92 Å². The van der Waals surface area contributed by atoms with Gasteiger partial charge in [-0.2, -0.15) is 0 Å². The molecule has 0 bridgehead atoms. The second-order valence-corrected chi connectivity index (χ2v) is 6.44. The van der Waals surface area contributed by atoms with E-state index in [4.69, 9.17) is 4.74 Å². The minimum Gasteiger partial charge on any atom is -0.383 e. The van der Waals surface area contributed by atoms with Crippen LogP contribution in [0.25, 0.3) is 0 Å². The third kappa shape index (κ3) is 4.69. The van der Waals surface area contributed by atoms with Crippen LogP contribution in [-0.2, 0) is 4.74 Å². The van der Waals surface area contributed by atoms with E-state index in [9.17, 15) is 4.39 Å². The van der Waals surface area contributed by atoms with E-state index in [2.05, 4.69) is 16.8 Å². The smallest absolute Gasteiger partial charge is 0.113 e. The lowest BCUT2D eigenvalue weighted by Gasteiger charge is -2.39. The van der Waals surface area contributed by atoms with E-state index in [0.717, 1.165) is 45.8 Å².